The van der Waals surface area contributed by atoms with Gasteiger partial charge in [-0.2, -0.15) is 9.97 Å². The molecule has 228 valence electrons. The first-order valence-electron chi connectivity index (χ1n) is 15.7. The maximum atomic E-state index is 14.8. The zero-order chi connectivity index (χ0) is 29.8. The summed E-state index contributed by atoms with van der Waals surface area (Å²) in [6, 6.07) is 7.12. The number of nitrogens with one attached hydrogen (secondary N) is 2. The van der Waals surface area contributed by atoms with E-state index in [0.29, 0.717) is 52.1 Å². The average molecular weight is 597 g/mol. The molecule has 0 radical (unpaired) electrons. The number of fused-ring (bicyclic) bond motifs is 4. The first-order valence-corrected chi connectivity index (χ1v) is 15.7. The largest absolute Gasteiger partial charge is 0.508 e. The second-order valence-corrected chi connectivity index (χ2v) is 13.0. The van der Waals surface area contributed by atoms with Gasteiger partial charge in [-0.15, -0.1) is 6.42 Å². The van der Waals surface area contributed by atoms with Crippen LogP contribution in [0.3, 0.4) is 0 Å². The molecule has 44 heavy (non-hydrogen) atoms. The number of benzene rings is 2. The predicted molar refractivity (Wildman–Crippen MR) is 168 cm³/mol. The summed E-state index contributed by atoms with van der Waals surface area (Å²) in [4.78, 5) is 19.7. The lowest BCUT2D eigenvalue weighted by atomic mass is 9.98. The SMILES string of the molecule is C#Cc1c(F)ccc2cc(O)cc(Cn3cnc4c(NCC5(CN6CCOCC6)CC5)nc(N5C[C@H]6CC[C@@H](C5)N6)nc43)c12. The van der Waals surface area contributed by atoms with E-state index in [1.807, 2.05) is 4.57 Å². The molecule has 4 aromatic rings. The van der Waals surface area contributed by atoms with Gasteiger partial charge in [0.1, 0.15) is 11.6 Å². The first-order chi connectivity index (χ1) is 21.5. The van der Waals surface area contributed by atoms with Crippen LogP contribution < -0.4 is 15.5 Å². The number of aromatic nitrogens is 4. The summed E-state index contributed by atoms with van der Waals surface area (Å²) in [6.45, 7) is 7.46. The molecule has 2 atom stereocenters. The Labute approximate surface area is 255 Å². The maximum Gasteiger partial charge on any atom is 0.229 e. The smallest absolute Gasteiger partial charge is 0.229 e. The fraction of sp³-hybridized carbons (Fsp3) is 0.485. The van der Waals surface area contributed by atoms with E-state index in [1.54, 1.807) is 24.5 Å². The van der Waals surface area contributed by atoms with Crippen molar-refractivity contribution in [3.8, 4) is 18.1 Å². The molecule has 11 heteroatoms. The van der Waals surface area contributed by atoms with Gasteiger partial charge in [0, 0.05) is 62.2 Å². The van der Waals surface area contributed by atoms with Crippen molar-refractivity contribution >= 4 is 33.7 Å². The Morgan fingerprint density at radius 2 is 1.93 bits per heavy atom. The van der Waals surface area contributed by atoms with E-state index in [-0.39, 0.29) is 16.7 Å². The fourth-order valence-electron chi connectivity index (χ4n) is 7.31. The lowest BCUT2D eigenvalue weighted by molar-refractivity contribution is 0.0294. The van der Waals surface area contributed by atoms with E-state index in [9.17, 15) is 9.50 Å². The van der Waals surface area contributed by atoms with Gasteiger partial charge in [-0.3, -0.25) is 4.90 Å². The van der Waals surface area contributed by atoms with Crippen LogP contribution >= 0.6 is 0 Å². The monoisotopic (exact) mass is 596 g/mol. The Morgan fingerprint density at radius 1 is 1.14 bits per heavy atom. The molecule has 3 saturated heterocycles. The molecule has 0 spiro atoms. The zero-order valence-corrected chi connectivity index (χ0v) is 24.7. The van der Waals surface area contributed by atoms with Crippen LogP contribution in [-0.4, -0.2) is 94.1 Å². The van der Waals surface area contributed by atoms with Crippen molar-refractivity contribution in [1.82, 2.24) is 29.7 Å². The normalized spacial score (nSPS) is 22.9. The molecule has 2 bridgehead atoms. The number of piperazine rings is 1. The lowest BCUT2D eigenvalue weighted by Crippen LogP contribution is -2.51. The molecule has 2 aromatic heterocycles. The van der Waals surface area contributed by atoms with Gasteiger partial charge >= 0.3 is 0 Å². The lowest BCUT2D eigenvalue weighted by Gasteiger charge is -2.33. The third-order valence-corrected chi connectivity index (χ3v) is 9.82. The van der Waals surface area contributed by atoms with Gasteiger partial charge in [0.25, 0.3) is 0 Å². The van der Waals surface area contributed by atoms with Crippen molar-refractivity contribution in [1.29, 1.82) is 0 Å². The second-order valence-electron chi connectivity index (χ2n) is 13.0. The third kappa shape index (κ3) is 5.11. The summed E-state index contributed by atoms with van der Waals surface area (Å²) in [7, 11) is 0. The average Bonchev–Trinajstić information content (AvgIpc) is 3.54. The van der Waals surface area contributed by atoms with E-state index in [2.05, 4.69) is 26.4 Å². The molecule has 5 heterocycles. The van der Waals surface area contributed by atoms with Crippen molar-refractivity contribution in [2.45, 2.75) is 44.3 Å². The summed E-state index contributed by atoms with van der Waals surface area (Å²) >= 11 is 0. The Morgan fingerprint density at radius 3 is 2.68 bits per heavy atom. The van der Waals surface area contributed by atoms with Crippen LogP contribution in [0.5, 0.6) is 5.75 Å². The van der Waals surface area contributed by atoms with E-state index in [0.717, 1.165) is 71.1 Å². The number of anilines is 2. The molecule has 3 aliphatic heterocycles. The van der Waals surface area contributed by atoms with E-state index < -0.39 is 5.82 Å². The molecular formula is C33H37FN8O2. The highest BCUT2D eigenvalue weighted by Gasteiger charge is 2.44. The highest BCUT2D eigenvalue weighted by atomic mass is 19.1. The van der Waals surface area contributed by atoms with Gasteiger partial charge in [0.15, 0.2) is 17.0 Å². The van der Waals surface area contributed by atoms with Gasteiger partial charge < -0.3 is 29.9 Å². The van der Waals surface area contributed by atoms with Crippen LogP contribution in [0.1, 0.15) is 36.8 Å². The summed E-state index contributed by atoms with van der Waals surface area (Å²) in [5.41, 5.74) is 2.50. The summed E-state index contributed by atoms with van der Waals surface area (Å²) < 4.78 is 22.3. The van der Waals surface area contributed by atoms with Crippen LogP contribution in [-0.2, 0) is 11.3 Å². The minimum Gasteiger partial charge on any atom is -0.508 e. The van der Waals surface area contributed by atoms with Crippen LogP contribution in [0.15, 0.2) is 30.6 Å². The topological polar surface area (TPSA) is 104 Å². The maximum absolute atomic E-state index is 14.8. The predicted octanol–water partition coefficient (Wildman–Crippen LogP) is 3.32. The van der Waals surface area contributed by atoms with Crippen LogP contribution in [0.2, 0.25) is 0 Å². The molecule has 8 rings (SSSR count). The van der Waals surface area contributed by atoms with Gasteiger partial charge in [-0.05, 0) is 54.8 Å². The number of imidazole rings is 1. The number of halogens is 1. The number of phenolic OH excluding ortho intramolecular Hbond substituents is 1. The molecule has 0 unspecified atom stereocenters. The molecule has 4 aliphatic rings. The molecule has 4 fully saturated rings. The Bertz CT molecular complexity index is 1760. The Kier molecular flexibility index (Phi) is 6.81. The number of hydrogen-bond donors (Lipinski definition) is 3. The number of aromatic hydroxyl groups is 1. The second kappa shape index (κ2) is 10.9. The van der Waals surface area contributed by atoms with Crippen molar-refractivity contribution in [2.75, 3.05) is 62.7 Å². The molecule has 10 nitrogen and oxygen atoms in total. The van der Waals surface area contributed by atoms with E-state index >= 15 is 0 Å². The van der Waals surface area contributed by atoms with Crippen molar-refractivity contribution < 1.29 is 14.2 Å². The van der Waals surface area contributed by atoms with Crippen molar-refractivity contribution in [3.63, 3.8) is 0 Å². The summed E-state index contributed by atoms with van der Waals surface area (Å²) in [6.07, 6.45) is 12.2. The highest BCUT2D eigenvalue weighted by molar-refractivity contribution is 5.93. The summed E-state index contributed by atoms with van der Waals surface area (Å²) in [5.74, 6) is 3.57. The minimum absolute atomic E-state index is 0.0930. The van der Waals surface area contributed by atoms with Crippen LogP contribution in [0.25, 0.3) is 21.9 Å². The van der Waals surface area contributed by atoms with E-state index in [4.69, 9.17) is 26.1 Å². The number of hydrogen-bond acceptors (Lipinski definition) is 9. The molecule has 1 aliphatic carbocycles. The standard InChI is InChI=1S/C33H37FN8O2/c1-2-26-27(34)6-3-21-13-25(43)14-22(28(21)26)15-42-20-36-29-30(35-18-33(7-8-33)19-40-9-11-44-12-10-40)38-32(39-31(29)42)41-16-23-4-5-24(17-41)37-23/h1,3,6,13-14,20,23-24,37,43H,4-5,7-12,15-19H2,(H,35,38,39)/t23-,24+. The zero-order valence-electron chi connectivity index (χ0n) is 24.7. The van der Waals surface area contributed by atoms with Crippen molar-refractivity contribution in [3.05, 3.63) is 47.5 Å². The molecule has 0 amide bonds. The third-order valence-electron chi connectivity index (χ3n) is 9.82. The number of morpholine rings is 1. The summed E-state index contributed by atoms with van der Waals surface area (Å²) in [5, 5.41) is 19.2. The number of ether oxygens (including phenoxy) is 1. The Hall–Kier alpha value is -3.98. The molecule has 3 N–H and O–H groups in total. The van der Waals surface area contributed by atoms with Gasteiger partial charge in [-0.1, -0.05) is 12.0 Å². The molecular weight excluding hydrogens is 559 g/mol. The number of nitrogens with zero attached hydrogens (tertiary/aromatic N) is 6. The number of terminal acetylenes is 1. The van der Waals surface area contributed by atoms with Gasteiger partial charge in [0.2, 0.25) is 5.95 Å². The Balaban J connectivity index is 1.16. The highest BCUT2D eigenvalue weighted by Crippen LogP contribution is 2.46. The quantitative estimate of drug-likeness (QED) is 0.265. The first kappa shape index (κ1) is 27.6. The van der Waals surface area contributed by atoms with E-state index in [1.165, 1.54) is 18.9 Å². The number of rotatable bonds is 8. The minimum atomic E-state index is -0.460. The van der Waals surface area contributed by atoms with Crippen LogP contribution in [0.4, 0.5) is 16.2 Å². The van der Waals surface area contributed by atoms with Gasteiger partial charge in [0.05, 0.1) is 31.6 Å². The fourth-order valence-corrected chi connectivity index (χ4v) is 7.31. The molecule has 2 aromatic carbocycles. The van der Waals surface area contributed by atoms with Gasteiger partial charge in [-0.25, -0.2) is 9.37 Å². The van der Waals surface area contributed by atoms with Crippen LogP contribution in [0, 0.1) is 23.6 Å². The molecule has 1 saturated carbocycles. The number of phenols is 1. The van der Waals surface area contributed by atoms with Crippen molar-refractivity contribution in [2.24, 2.45) is 5.41 Å².